The molecule has 1 aliphatic carbocycles. The largest absolute Gasteiger partial charge is 0.490 e. The van der Waals surface area contributed by atoms with Gasteiger partial charge in [-0.25, -0.2) is 4.39 Å². The van der Waals surface area contributed by atoms with Crippen LogP contribution in [0.3, 0.4) is 0 Å². The number of fused-ring (bicyclic) bond motifs is 1. The predicted molar refractivity (Wildman–Crippen MR) is 146 cm³/mol. The van der Waals surface area contributed by atoms with Crippen LogP contribution in [0.4, 0.5) is 4.39 Å². The van der Waals surface area contributed by atoms with Crippen molar-refractivity contribution in [3.63, 3.8) is 0 Å². The first-order valence-electron chi connectivity index (χ1n) is 13.0. The highest BCUT2D eigenvalue weighted by molar-refractivity contribution is 6.12. The van der Waals surface area contributed by atoms with Crippen LogP contribution in [0, 0.1) is 11.7 Å². The lowest BCUT2D eigenvalue weighted by molar-refractivity contribution is 0.0945. The summed E-state index contributed by atoms with van der Waals surface area (Å²) in [5, 5.41) is 6.28. The quantitative estimate of drug-likeness (QED) is 0.278. The Bertz CT molecular complexity index is 1490. The van der Waals surface area contributed by atoms with Crippen LogP contribution < -0.4 is 15.4 Å². The van der Waals surface area contributed by atoms with Crippen molar-refractivity contribution in [2.24, 2.45) is 5.92 Å². The molecule has 0 radical (unpaired) electrons. The molecule has 1 heterocycles. The molecule has 2 amide bonds. The molecule has 3 aromatic carbocycles. The minimum atomic E-state index is -0.370. The Morgan fingerprint density at radius 2 is 1.74 bits per heavy atom. The minimum Gasteiger partial charge on any atom is -0.490 e. The van der Waals surface area contributed by atoms with Crippen molar-refractivity contribution in [1.82, 2.24) is 10.6 Å². The second-order valence-corrected chi connectivity index (χ2v) is 10.1. The predicted octanol–water partition coefficient (Wildman–Crippen LogP) is 6.58. The highest BCUT2D eigenvalue weighted by atomic mass is 19.1. The topological polar surface area (TPSA) is 80.6 Å². The van der Waals surface area contributed by atoms with E-state index in [-0.39, 0.29) is 23.7 Å². The van der Waals surface area contributed by atoms with E-state index in [2.05, 4.69) is 10.6 Å². The fraction of sp³-hybridized carbons (Fsp3) is 0.290. The summed E-state index contributed by atoms with van der Waals surface area (Å²) < 4.78 is 26.0. The molecule has 1 aromatic heterocycles. The van der Waals surface area contributed by atoms with E-state index in [0.29, 0.717) is 51.6 Å². The summed E-state index contributed by atoms with van der Waals surface area (Å²) in [7, 11) is 1.56. The third-order valence-corrected chi connectivity index (χ3v) is 6.82. The van der Waals surface area contributed by atoms with E-state index in [1.165, 1.54) is 12.1 Å². The van der Waals surface area contributed by atoms with E-state index in [4.69, 9.17) is 9.15 Å². The van der Waals surface area contributed by atoms with Crippen LogP contribution in [0.1, 0.15) is 53.8 Å². The van der Waals surface area contributed by atoms with Gasteiger partial charge in [-0.05, 0) is 85.3 Å². The molecule has 0 saturated heterocycles. The molecule has 7 heteroatoms. The Hall–Kier alpha value is -4.13. The van der Waals surface area contributed by atoms with E-state index in [0.717, 1.165) is 30.4 Å². The Balaban J connectivity index is 1.62. The molecule has 1 aliphatic rings. The van der Waals surface area contributed by atoms with Gasteiger partial charge in [0.05, 0.1) is 11.7 Å². The Kier molecular flexibility index (Phi) is 7.18. The SMILES string of the molecule is CNC(=O)c1c(-c2ccc(F)cc2)oc2ccc(-c3cc(C(=O)NCC(C)C)ccc3OC3CCC3)cc12. The molecule has 0 spiro atoms. The Labute approximate surface area is 221 Å². The first kappa shape index (κ1) is 25.5. The van der Waals surface area contributed by atoms with Crippen LogP contribution in [-0.4, -0.2) is 31.5 Å². The fourth-order valence-corrected chi connectivity index (χ4v) is 4.49. The number of rotatable bonds is 8. The van der Waals surface area contributed by atoms with Gasteiger partial charge in [0.1, 0.15) is 22.9 Å². The van der Waals surface area contributed by atoms with Crippen molar-refractivity contribution < 1.29 is 23.1 Å². The van der Waals surface area contributed by atoms with Crippen molar-refractivity contribution in [3.8, 4) is 28.2 Å². The molecule has 38 heavy (non-hydrogen) atoms. The van der Waals surface area contributed by atoms with Crippen LogP contribution >= 0.6 is 0 Å². The summed E-state index contributed by atoms with van der Waals surface area (Å²) in [4.78, 5) is 25.9. The number of hydrogen-bond acceptors (Lipinski definition) is 4. The highest BCUT2D eigenvalue weighted by Crippen LogP contribution is 2.39. The number of amides is 2. The molecular weight excluding hydrogens is 483 g/mol. The molecular formula is C31H31FN2O4. The van der Waals surface area contributed by atoms with Gasteiger partial charge in [0.15, 0.2) is 0 Å². The van der Waals surface area contributed by atoms with E-state index in [9.17, 15) is 14.0 Å². The molecule has 0 aliphatic heterocycles. The Morgan fingerprint density at radius 3 is 2.39 bits per heavy atom. The van der Waals surface area contributed by atoms with Gasteiger partial charge < -0.3 is 19.8 Å². The lowest BCUT2D eigenvalue weighted by atomic mass is 9.95. The lowest BCUT2D eigenvalue weighted by Gasteiger charge is -2.27. The van der Waals surface area contributed by atoms with Crippen LogP contribution in [0.15, 0.2) is 65.1 Å². The van der Waals surface area contributed by atoms with Gasteiger partial charge in [-0.2, -0.15) is 0 Å². The molecule has 196 valence electrons. The van der Waals surface area contributed by atoms with Crippen LogP contribution in [0.5, 0.6) is 5.75 Å². The summed E-state index contributed by atoms with van der Waals surface area (Å²) >= 11 is 0. The number of carbonyl (C=O) groups is 2. The van der Waals surface area contributed by atoms with Crippen LogP contribution in [0.2, 0.25) is 0 Å². The maximum Gasteiger partial charge on any atom is 0.255 e. The number of benzene rings is 3. The van der Waals surface area contributed by atoms with Gasteiger partial charge >= 0.3 is 0 Å². The van der Waals surface area contributed by atoms with Crippen molar-refractivity contribution in [3.05, 3.63) is 77.6 Å². The molecule has 0 bridgehead atoms. The van der Waals surface area contributed by atoms with E-state index < -0.39 is 0 Å². The smallest absolute Gasteiger partial charge is 0.255 e. The second kappa shape index (κ2) is 10.7. The van der Waals surface area contributed by atoms with Gasteiger partial charge in [-0.1, -0.05) is 19.9 Å². The van der Waals surface area contributed by atoms with Crippen molar-refractivity contribution in [1.29, 1.82) is 0 Å². The summed E-state index contributed by atoms with van der Waals surface area (Å²) in [6, 6.07) is 16.9. The second-order valence-electron chi connectivity index (χ2n) is 10.1. The monoisotopic (exact) mass is 514 g/mol. The molecule has 0 unspecified atom stereocenters. The summed E-state index contributed by atoms with van der Waals surface area (Å²) in [5.41, 5.74) is 3.58. The zero-order valence-corrected chi connectivity index (χ0v) is 21.8. The maximum atomic E-state index is 13.6. The number of hydrogen-bond donors (Lipinski definition) is 2. The molecule has 0 atom stereocenters. The average Bonchev–Trinajstić information content (AvgIpc) is 3.28. The first-order chi connectivity index (χ1) is 18.3. The number of nitrogens with one attached hydrogen (secondary N) is 2. The van der Waals surface area contributed by atoms with Crippen molar-refractivity contribution >= 4 is 22.8 Å². The number of halogens is 1. The summed E-state index contributed by atoms with van der Waals surface area (Å²) in [5.74, 6) is 0.561. The third kappa shape index (κ3) is 5.14. The minimum absolute atomic E-state index is 0.149. The molecule has 2 N–H and O–H groups in total. The molecule has 5 rings (SSSR count). The summed E-state index contributed by atoms with van der Waals surface area (Å²) in [6.45, 7) is 4.67. The number of carbonyl (C=O) groups excluding carboxylic acids is 2. The van der Waals surface area contributed by atoms with Gasteiger partial charge in [-0.3, -0.25) is 9.59 Å². The molecule has 6 nitrogen and oxygen atoms in total. The molecule has 1 fully saturated rings. The zero-order valence-electron chi connectivity index (χ0n) is 21.8. The van der Waals surface area contributed by atoms with Crippen LogP contribution in [0.25, 0.3) is 33.4 Å². The van der Waals surface area contributed by atoms with Gasteiger partial charge in [0, 0.05) is 35.7 Å². The van der Waals surface area contributed by atoms with E-state index in [1.807, 2.05) is 44.2 Å². The lowest BCUT2D eigenvalue weighted by Crippen LogP contribution is -2.27. The zero-order chi connectivity index (χ0) is 26.8. The first-order valence-corrected chi connectivity index (χ1v) is 13.0. The van der Waals surface area contributed by atoms with Crippen molar-refractivity contribution in [2.45, 2.75) is 39.2 Å². The fourth-order valence-electron chi connectivity index (χ4n) is 4.49. The van der Waals surface area contributed by atoms with Gasteiger partial charge in [-0.15, -0.1) is 0 Å². The molecule has 1 saturated carbocycles. The Morgan fingerprint density at radius 1 is 1.00 bits per heavy atom. The van der Waals surface area contributed by atoms with E-state index in [1.54, 1.807) is 25.2 Å². The standard InChI is InChI=1S/C31H31FN2O4/c1-18(2)17-34-30(35)21-10-14-26(37-23-5-4-6-23)24(16-21)20-9-13-27-25(15-20)28(31(36)33-3)29(38-27)19-7-11-22(32)12-8-19/h7-16,18,23H,4-6,17H2,1-3H3,(H,33,36)(H,34,35). The van der Waals surface area contributed by atoms with E-state index >= 15 is 0 Å². The average molecular weight is 515 g/mol. The van der Waals surface area contributed by atoms with Gasteiger partial charge in [0.25, 0.3) is 11.8 Å². The number of furan rings is 1. The maximum absolute atomic E-state index is 13.6. The summed E-state index contributed by atoms with van der Waals surface area (Å²) in [6.07, 6.45) is 3.29. The highest BCUT2D eigenvalue weighted by Gasteiger charge is 2.24. The molecule has 4 aromatic rings. The number of ether oxygens (including phenoxy) is 1. The van der Waals surface area contributed by atoms with Crippen molar-refractivity contribution in [2.75, 3.05) is 13.6 Å². The van der Waals surface area contributed by atoms with Crippen LogP contribution in [-0.2, 0) is 0 Å². The normalized spacial score (nSPS) is 13.4. The van der Waals surface area contributed by atoms with Gasteiger partial charge in [0.2, 0.25) is 0 Å². The third-order valence-electron chi connectivity index (χ3n) is 6.82.